The van der Waals surface area contributed by atoms with E-state index in [9.17, 15) is 18.0 Å². The Morgan fingerprint density at radius 3 is 2.60 bits per heavy atom. The zero-order valence-electron chi connectivity index (χ0n) is 10.2. The Kier molecular flexibility index (Phi) is 3.64. The summed E-state index contributed by atoms with van der Waals surface area (Å²) in [6.07, 6.45) is -3.46. The van der Waals surface area contributed by atoms with E-state index in [0.717, 1.165) is 6.07 Å². The van der Waals surface area contributed by atoms with Crippen LogP contribution in [0.5, 0.6) is 5.75 Å². The number of hydrogen-bond acceptors (Lipinski definition) is 4. The Labute approximate surface area is 111 Å². The van der Waals surface area contributed by atoms with Crippen molar-refractivity contribution in [1.82, 2.24) is 10.2 Å². The summed E-state index contributed by atoms with van der Waals surface area (Å²) in [5.74, 6) is -1.10. The highest BCUT2D eigenvalue weighted by Gasteiger charge is 2.32. The summed E-state index contributed by atoms with van der Waals surface area (Å²) < 4.78 is 45.5. The van der Waals surface area contributed by atoms with Crippen LogP contribution in [0.2, 0.25) is 0 Å². The molecule has 20 heavy (non-hydrogen) atoms. The van der Waals surface area contributed by atoms with Crippen LogP contribution < -0.4 is 4.74 Å². The maximum absolute atomic E-state index is 12.3. The molecule has 0 radical (unpaired) electrons. The minimum Gasteiger partial charge on any atom is -0.465 e. The number of halogens is 3. The Hall–Kier alpha value is -2.51. The van der Waals surface area contributed by atoms with E-state index in [1.807, 2.05) is 0 Å². The van der Waals surface area contributed by atoms with E-state index in [1.54, 1.807) is 0 Å². The summed E-state index contributed by atoms with van der Waals surface area (Å²) in [6.45, 7) is 0. The number of methoxy groups -OCH3 is 1. The first-order valence-corrected chi connectivity index (χ1v) is 5.38. The Morgan fingerprint density at radius 2 is 2.05 bits per heavy atom. The number of carbonyl (C=O) groups excluding carboxylic acids is 1. The van der Waals surface area contributed by atoms with Crippen molar-refractivity contribution in [3.05, 3.63) is 36.0 Å². The third-order valence-corrected chi connectivity index (χ3v) is 2.42. The van der Waals surface area contributed by atoms with E-state index in [1.165, 1.54) is 31.5 Å². The van der Waals surface area contributed by atoms with Gasteiger partial charge in [0.2, 0.25) is 0 Å². The number of ether oxygens (including phenoxy) is 2. The molecule has 1 aromatic heterocycles. The summed E-state index contributed by atoms with van der Waals surface area (Å²) in [5, 5.41) is 6.17. The summed E-state index contributed by atoms with van der Waals surface area (Å²) in [5.41, 5.74) is 0.448. The zero-order chi connectivity index (χ0) is 14.8. The quantitative estimate of drug-likeness (QED) is 0.881. The normalized spacial score (nSPS) is 11.2. The number of rotatable bonds is 3. The molecule has 0 atom stereocenters. The van der Waals surface area contributed by atoms with Crippen molar-refractivity contribution >= 4 is 5.97 Å². The van der Waals surface area contributed by atoms with Crippen LogP contribution in [0.1, 0.15) is 10.4 Å². The molecule has 0 aliphatic rings. The molecule has 1 heterocycles. The molecule has 0 saturated heterocycles. The van der Waals surface area contributed by atoms with Crippen LogP contribution in [0.15, 0.2) is 30.5 Å². The summed E-state index contributed by atoms with van der Waals surface area (Å²) in [6, 6.07) is 4.93. The molecule has 1 N–H and O–H groups in total. The van der Waals surface area contributed by atoms with Gasteiger partial charge in [0.1, 0.15) is 5.75 Å². The molecule has 0 spiro atoms. The van der Waals surface area contributed by atoms with Crippen LogP contribution in [0.4, 0.5) is 13.2 Å². The van der Waals surface area contributed by atoms with Crippen LogP contribution in [0.3, 0.4) is 0 Å². The van der Waals surface area contributed by atoms with Gasteiger partial charge in [0, 0.05) is 11.8 Å². The Bertz CT molecular complexity index is 609. The van der Waals surface area contributed by atoms with Crippen molar-refractivity contribution in [2.45, 2.75) is 6.36 Å². The molecule has 0 unspecified atom stereocenters. The van der Waals surface area contributed by atoms with Crippen LogP contribution >= 0.6 is 0 Å². The molecule has 0 aliphatic heterocycles. The Morgan fingerprint density at radius 1 is 1.30 bits per heavy atom. The fourth-order valence-corrected chi connectivity index (χ4v) is 1.60. The van der Waals surface area contributed by atoms with Gasteiger partial charge in [-0.15, -0.1) is 13.2 Å². The topological polar surface area (TPSA) is 64.2 Å². The molecule has 2 rings (SSSR count). The second-order valence-electron chi connectivity index (χ2n) is 3.72. The number of benzene rings is 1. The highest BCUT2D eigenvalue weighted by molar-refractivity contribution is 5.91. The number of nitrogens with one attached hydrogen (secondary N) is 1. The van der Waals surface area contributed by atoms with Crippen molar-refractivity contribution < 1.29 is 27.4 Å². The predicted molar refractivity (Wildman–Crippen MR) is 62.0 cm³/mol. The second-order valence-corrected chi connectivity index (χ2v) is 3.72. The fourth-order valence-electron chi connectivity index (χ4n) is 1.60. The highest BCUT2D eigenvalue weighted by atomic mass is 19.4. The number of H-pyrrole nitrogens is 1. The van der Waals surface area contributed by atoms with Gasteiger partial charge in [0.05, 0.1) is 18.4 Å². The van der Waals surface area contributed by atoms with Gasteiger partial charge in [-0.3, -0.25) is 5.10 Å². The lowest BCUT2D eigenvalue weighted by atomic mass is 10.1. The number of aromatic amines is 1. The van der Waals surface area contributed by atoms with E-state index in [2.05, 4.69) is 19.7 Å². The van der Waals surface area contributed by atoms with Crippen molar-refractivity contribution in [3.63, 3.8) is 0 Å². The van der Waals surface area contributed by atoms with Crippen molar-refractivity contribution in [1.29, 1.82) is 0 Å². The van der Waals surface area contributed by atoms with Crippen LogP contribution in [0, 0.1) is 0 Å². The standard InChI is InChI=1S/C12H9F3N2O3/c1-19-11(18)7-2-3-10(20-12(13,14)15)8(6-7)9-4-5-16-17-9/h2-6H,1H3,(H,16,17). The van der Waals surface area contributed by atoms with E-state index in [0.29, 0.717) is 0 Å². The lowest BCUT2D eigenvalue weighted by molar-refractivity contribution is -0.274. The average Bonchev–Trinajstić information content (AvgIpc) is 2.90. The first kappa shape index (κ1) is 13.9. The molecule has 0 saturated carbocycles. The van der Waals surface area contributed by atoms with Crippen LogP contribution in [-0.4, -0.2) is 29.6 Å². The van der Waals surface area contributed by atoms with Crippen molar-refractivity contribution in [2.24, 2.45) is 0 Å². The number of alkyl halides is 3. The molecule has 0 amide bonds. The van der Waals surface area contributed by atoms with Crippen LogP contribution in [-0.2, 0) is 4.74 Å². The van der Waals surface area contributed by atoms with Crippen molar-refractivity contribution in [2.75, 3.05) is 7.11 Å². The smallest absolute Gasteiger partial charge is 0.465 e. The number of aromatic nitrogens is 2. The van der Waals surface area contributed by atoms with Gasteiger partial charge in [-0.25, -0.2) is 4.79 Å². The van der Waals surface area contributed by atoms with Crippen molar-refractivity contribution in [3.8, 4) is 17.0 Å². The molecule has 106 valence electrons. The molecule has 0 aliphatic carbocycles. The molecular weight excluding hydrogens is 277 g/mol. The molecule has 8 heteroatoms. The van der Waals surface area contributed by atoms with Gasteiger partial charge < -0.3 is 9.47 Å². The zero-order valence-corrected chi connectivity index (χ0v) is 10.2. The van der Waals surface area contributed by atoms with E-state index in [-0.39, 0.29) is 16.8 Å². The lowest BCUT2D eigenvalue weighted by Gasteiger charge is -2.13. The minimum absolute atomic E-state index is 0.0581. The summed E-state index contributed by atoms with van der Waals surface area (Å²) >= 11 is 0. The van der Waals surface area contributed by atoms with Gasteiger partial charge in [0.25, 0.3) is 0 Å². The highest BCUT2D eigenvalue weighted by Crippen LogP contribution is 2.33. The first-order valence-electron chi connectivity index (χ1n) is 5.38. The average molecular weight is 286 g/mol. The number of nitrogens with zero attached hydrogens (tertiary/aromatic N) is 1. The molecule has 1 aromatic carbocycles. The van der Waals surface area contributed by atoms with Gasteiger partial charge in [0.15, 0.2) is 0 Å². The summed E-state index contributed by atoms with van der Waals surface area (Å²) in [7, 11) is 1.18. The third-order valence-electron chi connectivity index (χ3n) is 2.42. The SMILES string of the molecule is COC(=O)c1ccc(OC(F)(F)F)c(-c2ccn[nH]2)c1. The minimum atomic E-state index is -4.83. The molecule has 5 nitrogen and oxygen atoms in total. The largest absolute Gasteiger partial charge is 0.573 e. The van der Waals surface area contributed by atoms with Gasteiger partial charge in [-0.1, -0.05) is 0 Å². The van der Waals surface area contributed by atoms with Gasteiger partial charge >= 0.3 is 12.3 Å². The van der Waals surface area contributed by atoms with E-state index < -0.39 is 18.1 Å². The van der Waals surface area contributed by atoms with E-state index >= 15 is 0 Å². The summed E-state index contributed by atoms with van der Waals surface area (Å²) in [4.78, 5) is 11.4. The third kappa shape index (κ3) is 3.08. The molecule has 0 fully saturated rings. The number of hydrogen-bond donors (Lipinski definition) is 1. The molecule has 2 aromatic rings. The monoisotopic (exact) mass is 286 g/mol. The number of esters is 1. The van der Waals surface area contributed by atoms with E-state index in [4.69, 9.17) is 0 Å². The Balaban J connectivity index is 2.49. The molecule has 0 bridgehead atoms. The first-order chi connectivity index (χ1) is 9.40. The van der Waals surface area contributed by atoms with Gasteiger partial charge in [-0.05, 0) is 24.3 Å². The lowest BCUT2D eigenvalue weighted by Crippen LogP contribution is -2.18. The van der Waals surface area contributed by atoms with Crippen LogP contribution in [0.25, 0.3) is 11.3 Å². The second kappa shape index (κ2) is 5.24. The maximum Gasteiger partial charge on any atom is 0.573 e. The fraction of sp³-hybridized carbons (Fsp3) is 0.167. The maximum atomic E-state index is 12.3. The van der Waals surface area contributed by atoms with Gasteiger partial charge in [-0.2, -0.15) is 5.10 Å². The predicted octanol–water partition coefficient (Wildman–Crippen LogP) is 2.76. The number of carbonyl (C=O) groups is 1. The molecular formula is C12H9F3N2O3.